The van der Waals surface area contributed by atoms with E-state index in [-0.39, 0.29) is 0 Å². The van der Waals surface area contributed by atoms with Crippen LogP contribution in [0.15, 0.2) is 200 Å². The van der Waals surface area contributed by atoms with Gasteiger partial charge in [-0.25, -0.2) is 0 Å². The van der Waals surface area contributed by atoms with Gasteiger partial charge in [0.25, 0.3) is 0 Å². The fraction of sp³-hybridized carbons (Fsp3) is 0. The number of para-hydroxylation sites is 4. The van der Waals surface area contributed by atoms with Crippen LogP contribution in [-0.2, 0) is 0 Å². The summed E-state index contributed by atoms with van der Waals surface area (Å²) >= 11 is 0. The molecule has 0 fully saturated rings. The van der Waals surface area contributed by atoms with Gasteiger partial charge in [-0.15, -0.1) is 0 Å². The summed E-state index contributed by atoms with van der Waals surface area (Å²) in [5.74, 6) is 0. The molecule has 2 aromatic heterocycles. The minimum Gasteiger partial charge on any atom is -0.310 e. The van der Waals surface area contributed by atoms with Crippen molar-refractivity contribution < 1.29 is 0 Å². The van der Waals surface area contributed by atoms with Crippen molar-refractivity contribution >= 4 is 60.7 Å². The van der Waals surface area contributed by atoms with Crippen molar-refractivity contribution in [2.24, 2.45) is 0 Å². The van der Waals surface area contributed by atoms with E-state index < -0.39 is 0 Å². The van der Waals surface area contributed by atoms with E-state index in [0.29, 0.717) is 0 Å². The first-order valence-electron chi connectivity index (χ1n) is 17.4. The van der Waals surface area contributed by atoms with E-state index in [1.165, 1.54) is 54.7 Å². The van der Waals surface area contributed by atoms with E-state index in [4.69, 9.17) is 0 Å². The molecule has 0 aliphatic rings. The van der Waals surface area contributed by atoms with Crippen LogP contribution in [0.2, 0.25) is 0 Å². The van der Waals surface area contributed by atoms with Crippen LogP contribution in [0, 0.1) is 0 Å². The number of hydrogen-bond donors (Lipinski definition) is 0. The lowest BCUT2D eigenvalue weighted by Crippen LogP contribution is -2.10. The molecular formula is C48H33N3. The second-order valence-electron chi connectivity index (χ2n) is 13.0. The van der Waals surface area contributed by atoms with Gasteiger partial charge < -0.3 is 14.0 Å². The molecule has 240 valence electrons. The van der Waals surface area contributed by atoms with Crippen LogP contribution in [0.25, 0.3) is 66.1 Å². The Balaban J connectivity index is 1.23. The first-order chi connectivity index (χ1) is 25.3. The molecule has 2 heterocycles. The van der Waals surface area contributed by atoms with Crippen LogP contribution < -0.4 is 4.90 Å². The minimum atomic E-state index is 1.10. The maximum atomic E-state index is 2.43. The Morgan fingerprint density at radius 2 is 0.725 bits per heavy atom. The lowest BCUT2D eigenvalue weighted by molar-refractivity contribution is 1.16. The van der Waals surface area contributed by atoms with E-state index in [9.17, 15) is 0 Å². The van der Waals surface area contributed by atoms with Gasteiger partial charge in [-0.2, -0.15) is 0 Å². The standard InChI is InChI=1S/C48H33N3/c1-5-15-34(16-6-1)35-25-27-39(28-26-35)49(36-17-7-2-8-18-36)40-29-30-42-44-32-43-41-23-13-14-24-45(41)50(37-19-9-3-10-20-37)47(43)33-48(44)51(46(42)31-40)38-21-11-4-12-22-38/h1-33H. The van der Waals surface area contributed by atoms with E-state index in [2.05, 4.69) is 214 Å². The summed E-state index contributed by atoms with van der Waals surface area (Å²) < 4.78 is 4.83. The zero-order valence-electron chi connectivity index (χ0n) is 27.9. The van der Waals surface area contributed by atoms with E-state index in [1.807, 2.05) is 0 Å². The Hall–Kier alpha value is -6.84. The molecular weight excluding hydrogens is 619 g/mol. The average molecular weight is 652 g/mol. The summed E-state index contributed by atoms with van der Waals surface area (Å²) in [4.78, 5) is 2.36. The molecule has 8 aromatic carbocycles. The van der Waals surface area contributed by atoms with Gasteiger partial charge in [-0.05, 0) is 90.0 Å². The maximum absolute atomic E-state index is 2.43. The molecule has 0 atom stereocenters. The second kappa shape index (κ2) is 11.9. The van der Waals surface area contributed by atoms with Crippen LogP contribution in [0.5, 0.6) is 0 Å². The predicted octanol–water partition coefficient (Wildman–Crippen LogP) is 13.0. The van der Waals surface area contributed by atoms with Crippen LogP contribution in [0.1, 0.15) is 0 Å². The van der Waals surface area contributed by atoms with Crippen molar-refractivity contribution in [3.05, 3.63) is 200 Å². The SMILES string of the molecule is c1ccc(-c2ccc(N(c3ccccc3)c3ccc4c5cc6c7ccccc7n(-c7ccccc7)c6cc5n(-c5ccccc5)c4c3)cc2)cc1. The number of aromatic nitrogens is 2. The van der Waals surface area contributed by atoms with E-state index >= 15 is 0 Å². The van der Waals surface area contributed by atoms with E-state index in [0.717, 1.165) is 28.4 Å². The molecule has 0 radical (unpaired) electrons. The number of anilines is 3. The summed E-state index contributed by atoms with van der Waals surface area (Å²) in [5.41, 5.74) is 12.8. The molecule has 0 N–H and O–H groups in total. The third-order valence-corrected chi connectivity index (χ3v) is 10.1. The fourth-order valence-electron chi connectivity index (χ4n) is 7.77. The molecule has 0 saturated heterocycles. The lowest BCUT2D eigenvalue weighted by Gasteiger charge is -2.26. The highest BCUT2D eigenvalue weighted by Gasteiger charge is 2.20. The van der Waals surface area contributed by atoms with Crippen molar-refractivity contribution in [2.75, 3.05) is 4.90 Å². The van der Waals surface area contributed by atoms with Gasteiger partial charge in [-0.3, -0.25) is 0 Å². The lowest BCUT2D eigenvalue weighted by atomic mass is 10.0. The summed E-state index contributed by atoms with van der Waals surface area (Å²) in [6, 6.07) is 72.1. The van der Waals surface area contributed by atoms with Gasteiger partial charge >= 0.3 is 0 Å². The monoisotopic (exact) mass is 651 g/mol. The zero-order chi connectivity index (χ0) is 33.7. The first-order valence-corrected chi connectivity index (χ1v) is 17.4. The molecule has 0 bridgehead atoms. The van der Waals surface area contributed by atoms with Gasteiger partial charge in [0.1, 0.15) is 0 Å². The second-order valence-corrected chi connectivity index (χ2v) is 13.0. The number of nitrogens with zero attached hydrogens (tertiary/aromatic N) is 3. The average Bonchev–Trinajstić information content (AvgIpc) is 3.70. The quantitative estimate of drug-likeness (QED) is 0.174. The Morgan fingerprint density at radius 1 is 0.275 bits per heavy atom. The normalized spacial score (nSPS) is 11.5. The van der Waals surface area contributed by atoms with Crippen molar-refractivity contribution in [3.8, 4) is 22.5 Å². The number of fused-ring (bicyclic) bond motifs is 6. The van der Waals surface area contributed by atoms with Gasteiger partial charge in [0.15, 0.2) is 0 Å². The van der Waals surface area contributed by atoms with Crippen LogP contribution >= 0.6 is 0 Å². The Kier molecular flexibility index (Phi) is 6.81. The summed E-state index contributed by atoms with van der Waals surface area (Å²) in [6.45, 7) is 0. The molecule has 0 unspecified atom stereocenters. The molecule has 0 aliphatic carbocycles. The highest BCUT2D eigenvalue weighted by atomic mass is 15.1. The maximum Gasteiger partial charge on any atom is 0.0562 e. The van der Waals surface area contributed by atoms with Gasteiger partial charge in [-0.1, -0.05) is 121 Å². The topological polar surface area (TPSA) is 13.1 Å². The molecule has 0 amide bonds. The Labute approximate surface area is 296 Å². The molecule has 51 heavy (non-hydrogen) atoms. The van der Waals surface area contributed by atoms with Crippen molar-refractivity contribution in [1.82, 2.24) is 9.13 Å². The first kappa shape index (κ1) is 29.1. The number of hydrogen-bond acceptors (Lipinski definition) is 1. The summed E-state index contributed by atoms with van der Waals surface area (Å²) in [7, 11) is 0. The molecule has 0 saturated carbocycles. The summed E-state index contributed by atoms with van der Waals surface area (Å²) in [5, 5.41) is 4.97. The van der Waals surface area contributed by atoms with E-state index in [1.54, 1.807) is 0 Å². The molecule has 3 nitrogen and oxygen atoms in total. The largest absolute Gasteiger partial charge is 0.310 e. The number of benzene rings is 8. The zero-order valence-corrected chi connectivity index (χ0v) is 27.9. The minimum absolute atomic E-state index is 1.10. The molecule has 0 spiro atoms. The van der Waals surface area contributed by atoms with Crippen LogP contribution in [0.3, 0.4) is 0 Å². The third kappa shape index (κ3) is 4.82. The Bertz CT molecular complexity index is 2820. The molecule has 3 heteroatoms. The van der Waals surface area contributed by atoms with Crippen molar-refractivity contribution in [3.63, 3.8) is 0 Å². The van der Waals surface area contributed by atoms with Crippen LogP contribution in [-0.4, -0.2) is 9.13 Å². The fourth-order valence-corrected chi connectivity index (χ4v) is 7.77. The highest BCUT2D eigenvalue weighted by molar-refractivity contribution is 6.19. The van der Waals surface area contributed by atoms with Crippen LogP contribution in [0.4, 0.5) is 17.1 Å². The van der Waals surface area contributed by atoms with Crippen molar-refractivity contribution in [1.29, 1.82) is 0 Å². The molecule has 10 aromatic rings. The smallest absolute Gasteiger partial charge is 0.0562 e. The third-order valence-electron chi connectivity index (χ3n) is 10.1. The molecule has 0 aliphatic heterocycles. The summed E-state index contributed by atoms with van der Waals surface area (Å²) in [6.07, 6.45) is 0. The van der Waals surface area contributed by atoms with Gasteiger partial charge in [0.05, 0.1) is 22.1 Å². The number of rotatable bonds is 6. The van der Waals surface area contributed by atoms with Gasteiger partial charge in [0.2, 0.25) is 0 Å². The Morgan fingerprint density at radius 3 is 1.37 bits per heavy atom. The predicted molar refractivity (Wildman–Crippen MR) is 215 cm³/mol. The van der Waals surface area contributed by atoms with Gasteiger partial charge in [0, 0.05) is 50.0 Å². The molecule has 10 rings (SSSR count). The van der Waals surface area contributed by atoms with Crippen molar-refractivity contribution in [2.45, 2.75) is 0 Å². The highest BCUT2D eigenvalue weighted by Crippen LogP contribution is 2.42.